The van der Waals surface area contributed by atoms with E-state index in [0.717, 1.165) is 16.5 Å². The number of rotatable bonds is 5. The van der Waals surface area contributed by atoms with Crippen molar-refractivity contribution < 1.29 is 4.79 Å². The number of fused-ring (bicyclic) bond motifs is 1. The largest absolute Gasteiger partial charge is 0.346 e. The van der Waals surface area contributed by atoms with Gasteiger partial charge in [-0.05, 0) is 12.1 Å². The van der Waals surface area contributed by atoms with E-state index in [9.17, 15) is 4.79 Å². The Bertz CT molecular complexity index is 942. The minimum absolute atomic E-state index is 0.234. The van der Waals surface area contributed by atoms with Crippen LogP contribution in [0.15, 0.2) is 48.8 Å². The van der Waals surface area contributed by atoms with Crippen molar-refractivity contribution in [2.24, 2.45) is 7.05 Å². The lowest BCUT2D eigenvalue weighted by atomic mass is 10.1. The van der Waals surface area contributed by atoms with Gasteiger partial charge in [0.05, 0.1) is 12.5 Å². The second-order valence-corrected chi connectivity index (χ2v) is 5.40. The summed E-state index contributed by atoms with van der Waals surface area (Å²) in [6.45, 7) is 0.630. The number of nitrogens with zero attached hydrogens (tertiary/aromatic N) is 4. The second kappa shape index (κ2) is 6.84. The molecule has 2 aromatic heterocycles. The number of aryl methyl sites for hydroxylation is 2. The fourth-order valence-electron chi connectivity index (χ4n) is 2.58. The summed E-state index contributed by atoms with van der Waals surface area (Å²) in [6.07, 6.45) is 7.45. The van der Waals surface area contributed by atoms with Crippen molar-refractivity contribution in [1.29, 1.82) is 5.26 Å². The van der Waals surface area contributed by atoms with Crippen LogP contribution in [-0.4, -0.2) is 20.3 Å². The number of nitriles is 1. The predicted molar refractivity (Wildman–Crippen MR) is 93.0 cm³/mol. The highest BCUT2D eigenvalue weighted by Gasteiger charge is 2.06. The molecule has 0 atom stereocenters. The molecule has 6 nitrogen and oxygen atoms in total. The average molecular weight is 319 g/mol. The third-order valence-corrected chi connectivity index (χ3v) is 3.66. The first-order valence-electron chi connectivity index (χ1n) is 7.61. The van der Waals surface area contributed by atoms with E-state index in [1.165, 1.54) is 6.08 Å². The zero-order valence-corrected chi connectivity index (χ0v) is 13.3. The Morgan fingerprint density at radius 3 is 2.96 bits per heavy atom. The Morgan fingerprint density at radius 2 is 2.21 bits per heavy atom. The molecule has 1 N–H and O–H groups in total. The maximum atomic E-state index is 12.0. The molecule has 0 fully saturated rings. The Morgan fingerprint density at radius 1 is 1.38 bits per heavy atom. The molecule has 6 heteroatoms. The lowest BCUT2D eigenvalue weighted by Crippen LogP contribution is -2.08. The van der Waals surface area contributed by atoms with Crippen LogP contribution < -0.4 is 5.32 Å². The molecule has 1 amide bonds. The number of aromatic nitrogens is 3. The molecule has 2 heterocycles. The molecular formula is C18H17N5O. The smallest absolute Gasteiger partial charge is 0.249 e. The van der Waals surface area contributed by atoms with Gasteiger partial charge in [-0.1, -0.05) is 18.2 Å². The molecule has 120 valence electrons. The standard InChI is InChI=1S/C18H17N5O/c1-22-12-9-17(21-22)20-18(24)8-7-14-13-23(11-4-10-19)16-6-3-2-5-15(14)16/h2-3,5-9,12-13H,4,11H2,1H3,(H,20,21,24)/b8-7+. The van der Waals surface area contributed by atoms with Crippen molar-refractivity contribution in [2.45, 2.75) is 13.0 Å². The molecule has 0 bridgehead atoms. The van der Waals surface area contributed by atoms with Gasteiger partial charge in [-0.15, -0.1) is 0 Å². The van der Waals surface area contributed by atoms with Gasteiger partial charge in [0.2, 0.25) is 5.91 Å². The highest BCUT2D eigenvalue weighted by molar-refractivity contribution is 6.03. The summed E-state index contributed by atoms with van der Waals surface area (Å²) in [5.74, 6) is 0.283. The third kappa shape index (κ3) is 3.36. The van der Waals surface area contributed by atoms with Crippen molar-refractivity contribution in [3.63, 3.8) is 0 Å². The average Bonchev–Trinajstić information content (AvgIpc) is 3.15. The first-order valence-corrected chi connectivity index (χ1v) is 7.61. The first-order chi connectivity index (χ1) is 11.7. The minimum atomic E-state index is -0.234. The minimum Gasteiger partial charge on any atom is -0.346 e. The maximum Gasteiger partial charge on any atom is 0.249 e. The summed E-state index contributed by atoms with van der Waals surface area (Å²) in [4.78, 5) is 12.0. The van der Waals surface area contributed by atoms with Gasteiger partial charge in [0.25, 0.3) is 0 Å². The van der Waals surface area contributed by atoms with Crippen LogP contribution in [-0.2, 0) is 18.4 Å². The second-order valence-electron chi connectivity index (χ2n) is 5.40. The van der Waals surface area contributed by atoms with Crippen molar-refractivity contribution in [3.05, 3.63) is 54.4 Å². The van der Waals surface area contributed by atoms with Gasteiger partial charge in [-0.3, -0.25) is 9.48 Å². The Kier molecular flexibility index (Phi) is 4.43. The van der Waals surface area contributed by atoms with E-state index in [4.69, 9.17) is 5.26 Å². The van der Waals surface area contributed by atoms with Crippen molar-refractivity contribution >= 4 is 28.7 Å². The van der Waals surface area contributed by atoms with E-state index < -0.39 is 0 Å². The molecule has 0 spiro atoms. The summed E-state index contributed by atoms with van der Waals surface area (Å²) in [7, 11) is 1.79. The van der Waals surface area contributed by atoms with Gasteiger partial charge in [0.15, 0.2) is 5.82 Å². The summed E-state index contributed by atoms with van der Waals surface area (Å²) < 4.78 is 3.66. The fraction of sp³-hybridized carbons (Fsp3) is 0.167. The van der Waals surface area contributed by atoms with Gasteiger partial charge in [-0.25, -0.2) is 0 Å². The quantitative estimate of drug-likeness (QED) is 0.735. The van der Waals surface area contributed by atoms with Crippen LogP contribution in [0.4, 0.5) is 5.82 Å². The van der Waals surface area contributed by atoms with Crippen LogP contribution in [0.1, 0.15) is 12.0 Å². The first kappa shape index (κ1) is 15.6. The normalized spacial score (nSPS) is 11.0. The van der Waals surface area contributed by atoms with E-state index in [2.05, 4.69) is 16.5 Å². The molecule has 0 saturated carbocycles. The number of anilines is 1. The zero-order chi connectivity index (χ0) is 16.9. The van der Waals surface area contributed by atoms with Crippen molar-refractivity contribution in [2.75, 3.05) is 5.32 Å². The summed E-state index contributed by atoms with van der Waals surface area (Å²) in [6, 6.07) is 11.8. The molecule has 0 aliphatic carbocycles. The Labute approximate surface area is 139 Å². The lowest BCUT2D eigenvalue weighted by Gasteiger charge is -2.00. The third-order valence-electron chi connectivity index (χ3n) is 3.66. The lowest BCUT2D eigenvalue weighted by molar-refractivity contribution is -0.111. The van der Waals surface area contributed by atoms with Crippen LogP contribution in [0.5, 0.6) is 0 Å². The van der Waals surface area contributed by atoms with Gasteiger partial charge >= 0.3 is 0 Å². The molecule has 0 saturated heterocycles. The fourth-order valence-corrected chi connectivity index (χ4v) is 2.58. The molecule has 3 rings (SSSR count). The van der Waals surface area contributed by atoms with Crippen LogP contribution >= 0.6 is 0 Å². The van der Waals surface area contributed by atoms with Gasteiger partial charge in [0, 0.05) is 54.6 Å². The molecule has 24 heavy (non-hydrogen) atoms. The molecule has 3 aromatic rings. The van der Waals surface area contributed by atoms with Crippen LogP contribution in [0.25, 0.3) is 17.0 Å². The Balaban J connectivity index is 1.81. The van der Waals surface area contributed by atoms with Crippen LogP contribution in [0.2, 0.25) is 0 Å². The van der Waals surface area contributed by atoms with Crippen molar-refractivity contribution in [3.8, 4) is 6.07 Å². The summed E-state index contributed by atoms with van der Waals surface area (Å²) >= 11 is 0. The molecule has 0 aliphatic rings. The summed E-state index contributed by atoms with van der Waals surface area (Å²) in [5.41, 5.74) is 2.00. The molecule has 0 unspecified atom stereocenters. The van der Waals surface area contributed by atoms with Crippen LogP contribution in [0.3, 0.4) is 0 Å². The predicted octanol–water partition coefficient (Wildman–Crippen LogP) is 2.94. The number of amides is 1. The van der Waals surface area contributed by atoms with Gasteiger partial charge < -0.3 is 9.88 Å². The van der Waals surface area contributed by atoms with Gasteiger partial charge in [0.1, 0.15) is 0 Å². The van der Waals surface area contributed by atoms with Gasteiger partial charge in [-0.2, -0.15) is 10.4 Å². The number of carbonyl (C=O) groups is 1. The number of hydrogen-bond acceptors (Lipinski definition) is 3. The molecule has 1 aromatic carbocycles. The molecular weight excluding hydrogens is 302 g/mol. The van der Waals surface area contributed by atoms with E-state index in [0.29, 0.717) is 18.8 Å². The number of para-hydroxylation sites is 1. The molecule has 0 aliphatic heterocycles. The van der Waals surface area contributed by atoms with E-state index in [1.807, 2.05) is 35.0 Å². The highest BCUT2D eigenvalue weighted by Crippen LogP contribution is 2.22. The summed E-state index contributed by atoms with van der Waals surface area (Å²) in [5, 5.41) is 16.7. The monoisotopic (exact) mass is 319 g/mol. The molecule has 0 radical (unpaired) electrons. The number of nitrogens with one attached hydrogen (secondary N) is 1. The van der Waals surface area contributed by atoms with Crippen LogP contribution in [0, 0.1) is 11.3 Å². The van der Waals surface area contributed by atoms with Crippen molar-refractivity contribution in [1.82, 2.24) is 14.3 Å². The van der Waals surface area contributed by atoms with E-state index in [1.54, 1.807) is 30.1 Å². The number of carbonyl (C=O) groups excluding carboxylic acids is 1. The topological polar surface area (TPSA) is 75.6 Å². The zero-order valence-electron chi connectivity index (χ0n) is 13.3. The SMILES string of the molecule is Cn1ccc(NC(=O)/C=C/c2cn(CCC#N)c3ccccc23)n1. The number of benzene rings is 1. The maximum absolute atomic E-state index is 12.0. The number of hydrogen-bond donors (Lipinski definition) is 1. The Hall–Kier alpha value is -3.33. The van der Waals surface area contributed by atoms with E-state index >= 15 is 0 Å². The van der Waals surface area contributed by atoms with E-state index in [-0.39, 0.29) is 5.91 Å². The highest BCUT2D eigenvalue weighted by atomic mass is 16.1.